The van der Waals surface area contributed by atoms with Crippen molar-refractivity contribution in [3.8, 4) is 0 Å². The zero-order valence-corrected chi connectivity index (χ0v) is 7.50. The Balaban J connectivity index is 2.83. The van der Waals surface area contributed by atoms with E-state index in [1.165, 1.54) is 0 Å². The van der Waals surface area contributed by atoms with Crippen molar-refractivity contribution in [2.45, 2.75) is 18.2 Å². The van der Waals surface area contributed by atoms with Gasteiger partial charge in [0.1, 0.15) is 0 Å². The van der Waals surface area contributed by atoms with Crippen molar-refractivity contribution < 1.29 is 0 Å². The maximum Gasteiger partial charge on any atom is 0.0245 e. The van der Waals surface area contributed by atoms with Crippen LogP contribution in [0.4, 0.5) is 0 Å². The monoisotopic (exact) mass is 227 g/mol. The predicted molar refractivity (Wildman–Crippen MR) is 41.1 cm³/mol. The standard InChI is InChI=1S/C5H9Br2/c1-2-3-5(7)4-6/h2,5H,3-4H2,1H3. The number of hydrogen-bond acceptors (Lipinski definition) is 0. The Bertz CT molecular complexity index is 37.1. The molecule has 43 valence electrons. The summed E-state index contributed by atoms with van der Waals surface area (Å²) in [6.45, 7) is 2.07. The van der Waals surface area contributed by atoms with E-state index in [0.29, 0.717) is 4.83 Å². The van der Waals surface area contributed by atoms with E-state index in [2.05, 4.69) is 45.2 Å². The van der Waals surface area contributed by atoms with Crippen molar-refractivity contribution in [3.05, 3.63) is 6.42 Å². The molecule has 0 saturated heterocycles. The third-order valence-electron chi connectivity index (χ3n) is 0.659. The summed E-state index contributed by atoms with van der Waals surface area (Å²) in [5, 5.41) is 1.04. The van der Waals surface area contributed by atoms with Gasteiger partial charge in [0.05, 0.1) is 0 Å². The minimum Gasteiger partial charge on any atom is -0.0916 e. The minimum absolute atomic E-state index is 0.623. The fourth-order valence-electron chi connectivity index (χ4n) is 0.319. The van der Waals surface area contributed by atoms with Crippen molar-refractivity contribution in [2.75, 3.05) is 5.33 Å². The lowest BCUT2D eigenvalue weighted by molar-refractivity contribution is 0.952. The molecule has 7 heavy (non-hydrogen) atoms. The molecule has 0 aliphatic heterocycles. The minimum atomic E-state index is 0.623. The highest BCUT2D eigenvalue weighted by molar-refractivity contribution is 9.12. The van der Waals surface area contributed by atoms with E-state index in [1.807, 2.05) is 0 Å². The normalized spacial score (nSPS) is 14.1. The molecule has 1 atom stereocenters. The van der Waals surface area contributed by atoms with Gasteiger partial charge in [-0.2, -0.15) is 0 Å². The van der Waals surface area contributed by atoms with E-state index >= 15 is 0 Å². The summed E-state index contributed by atoms with van der Waals surface area (Å²) in [6.07, 6.45) is 3.30. The Labute approximate surface area is 61.9 Å². The molecule has 0 heterocycles. The summed E-state index contributed by atoms with van der Waals surface area (Å²) in [7, 11) is 0. The van der Waals surface area contributed by atoms with Gasteiger partial charge in [0.25, 0.3) is 0 Å². The lowest BCUT2D eigenvalue weighted by Crippen LogP contribution is -1.96. The van der Waals surface area contributed by atoms with Crippen LogP contribution in [-0.2, 0) is 0 Å². The first-order valence-corrected chi connectivity index (χ1v) is 4.32. The van der Waals surface area contributed by atoms with E-state index < -0.39 is 0 Å². The van der Waals surface area contributed by atoms with Crippen molar-refractivity contribution in [1.82, 2.24) is 0 Å². The molecule has 0 aromatic rings. The molecule has 0 aliphatic carbocycles. The first-order valence-electron chi connectivity index (χ1n) is 2.29. The van der Waals surface area contributed by atoms with Crippen LogP contribution < -0.4 is 0 Å². The Morgan fingerprint density at radius 1 is 1.71 bits per heavy atom. The summed E-state index contributed by atoms with van der Waals surface area (Å²) in [6, 6.07) is 0. The van der Waals surface area contributed by atoms with Crippen molar-refractivity contribution >= 4 is 31.9 Å². The highest BCUT2D eigenvalue weighted by Crippen LogP contribution is 2.08. The topological polar surface area (TPSA) is 0 Å². The van der Waals surface area contributed by atoms with Crippen LogP contribution in [-0.4, -0.2) is 10.2 Å². The Morgan fingerprint density at radius 2 is 2.29 bits per heavy atom. The van der Waals surface area contributed by atoms with Gasteiger partial charge in [0.2, 0.25) is 0 Å². The van der Waals surface area contributed by atoms with Crippen LogP contribution in [0.15, 0.2) is 0 Å². The SMILES string of the molecule is C[CH]CC(Br)CBr. The Kier molecular flexibility index (Phi) is 5.80. The maximum absolute atomic E-state index is 3.46. The zero-order valence-electron chi connectivity index (χ0n) is 4.32. The summed E-state index contributed by atoms with van der Waals surface area (Å²) in [5.41, 5.74) is 0. The molecule has 1 radical (unpaired) electrons. The van der Waals surface area contributed by atoms with Gasteiger partial charge in [-0.1, -0.05) is 38.8 Å². The quantitative estimate of drug-likeness (QED) is 0.652. The summed E-state index contributed by atoms with van der Waals surface area (Å²) in [4.78, 5) is 0.623. The van der Waals surface area contributed by atoms with Crippen LogP contribution >= 0.6 is 31.9 Å². The number of alkyl halides is 2. The van der Waals surface area contributed by atoms with E-state index in [-0.39, 0.29) is 0 Å². The molecule has 0 fully saturated rings. The van der Waals surface area contributed by atoms with E-state index in [9.17, 15) is 0 Å². The van der Waals surface area contributed by atoms with Crippen LogP contribution in [0.1, 0.15) is 13.3 Å². The molecule has 0 amide bonds. The summed E-state index contributed by atoms with van der Waals surface area (Å²) >= 11 is 6.81. The molecule has 0 rings (SSSR count). The largest absolute Gasteiger partial charge is 0.0916 e. The molecule has 1 unspecified atom stereocenters. The van der Waals surface area contributed by atoms with E-state index in [0.717, 1.165) is 11.8 Å². The lowest BCUT2D eigenvalue weighted by Gasteiger charge is -1.98. The van der Waals surface area contributed by atoms with Crippen LogP contribution in [0, 0.1) is 6.42 Å². The highest BCUT2D eigenvalue weighted by Gasteiger charge is 1.96. The van der Waals surface area contributed by atoms with Crippen molar-refractivity contribution in [2.24, 2.45) is 0 Å². The van der Waals surface area contributed by atoms with Crippen LogP contribution in [0.5, 0.6) is 0 Å². The van der Waals surface area contributed by atoms with Gasteiger partial charge >= 0.3 is 0 Å². The van der Waals surface area contributed by atoms with Gasteiger partial charge in [-0.05, 0) is 12.8 Å². The lowest BCUT2D eigenvalue weighted by atomic mass is 10.3. The molecule has 0 spiro atoms. The predicted octanol–water partition coefficient (Wildman–Crippen LogP) is 2.76. The molecule has 0 N–H and O–H groups in total. The fraction of sp³-hybridized carbons (Fsp3) is 0.800. The number of hydrogen-bond donors (Lipinski definition) is 0. The van der Waals surface area contributed by atoms with E-state index in [4.69, 9.17) is 0 Å². The Hall–Kier alpha value is 0.960. The number of halogens is 2. The van der Waals surface area contributed by atoms with Crippen LogP contribution in [0.2, 0.25) is 0 Å². The van der Waals surface area contributed by atoms with Crippen molar-refractivity contribution in [1.29, 1.82) is 0 Å². The third kappa shape index (κ3) is 4.82. The molecule has 0 aromatic heterocycles. The molecule has 0 nitrogen and oxygen atoms in total. The first kappa shape index (κ1) is 7.96. The fourth-order valence-corrected chi connectivity index (χ4v) is 0.957. The molecular weight excluding hydrogens is 220 g/mol. The van der Waals surface area contributed by atoms with Crippen molar-refractivity contribution in [3.63, 3.8) is 0 Å². The molecule has 0 aliphatic rings. The van der Waals surface area contributed by atoms with Gasteiger partial charge in [-0.3, -0.25) is 0 Å². The second kappa shape index (κ2) is 5.10. The van der Waals surface area contributed by atoms with E-state index in [1.54, 1.807) is 0 Å². The molecule has 0 aromatic carbocycles. The number of rotatable bonds is 3. The van der Waals surface area contributed by atoms with Crippen LogP contribution in [0.25, 0.3) is 0 Å². The average molecular weight is 229 g/mol. The van der Waals surface area contributed by atoms with Gasteiger partial charge in [-0.15, -0.1) is 0 Å². The van der Waals surface area contributed by atoms with Gasteiger partial charge < -0.3 is 0 Å². The second-order valence-corrected chi connectivity index (χ2v) is 3.34. The molecule has 2 heteroatoms. The maximum atomic E-state index is 3.46. The molecule has 0 bridgehead atoms. The first-order chi connectivity index (χ1) is 3.31. The summed E-state index contributed by atoms with van der Waals surface area (Å²) < 4.78 is 0. The molecular formula is C5H9Br2. The van der Waals surface area contributed by atoms with Gasteiger partial charge in [0.15, 0.2) is 0 Å². The Morgan fingerprint density at radius 3 is 2.43 bits per heavy atom. The average Bonchev–Trinajstić information content (AvgIpc) is 1.68. The zero-order chi connectivity index (χ0) is 5.70. The third-order valence-corrected chi connectivity index (χ3v) is 3.01. The second-order valence-electron chi connectivity index (χ2n) is 1.40. The van der Waals surface area contributed by atoms with Gasteiger partial charge in [0, 0.05) is 10.2 Å². The summed E-state index contributed by atoms with van der Waals surface area (Å²) in [5.74, 6) is 0. The smallest absolute Gasteiger partial charge is 0.0245 e. The van der Waals surface area contributed by atoms with Crippen LogP contribution in [0.3, 0.4) is 0 Å². The highest BCUT2D eigenvalue weighted by atomic mass is 79.9. The van der Waals surface area contributed by atoms with Gasteiger partial charge in [-0.25, -0.2) is 0 Å². The molecule has 0 saturated carbocycles.